The molecule has 10 heavy (non-hydrogen) atoms. The Kier molecular flexibility index (Phi) is 3.47. The van der Waals surface area contributed by atoms with E-state index in [0.717, 1.165) is 19.4 Å². The van der Waals surface area contributed by atoms with E-state index in [4.69, 9.17) is 9.78 Å². The van der Waals surface area contributed by atoms with Gasteiger partial charge < -0.3 is 0 Å². The van der Waals surface area contributed by atoms with Gasteiger partial charge in [0, 0.05) is 0 Å². The molecule has 0 radical (unpaired) electrons. The first kappa shape index (κ1) is 7.76. The molecule has 0 unspecified atom stereocenters. The van der Waals surface area contributed by atoms with E-state index in [1.54, 1.807) is 6.08 Å². The zero-order chi connectivity index (χ0) is 7.23. The lowest BCUT2D eigenvalue weighted by Crippen LogP contribution is -2.13. The quantitative estimate of drug-likeness (QED) is 0.412. The maximum absolute atomic E-state index is 5.01. The first-order chi connectivity index (χ1) is 4.93. The molecule has 1 heterocycles. The molecule has 1 aliphatic heterocycles. The summed E-state index contributed by atoms with van der Waals surface area (Å²) in [5.74, 6) is 0. The fourth-order valence-electron chi connectivity index (χ4n) is 1.02. The summed E-state index contributed by atoms with van der Waals surface area (Å²) in [6, 6.07) is 0. The van der Waals surface area contributed by atoms with E-state index in [0.29, 0.717) is 0 Å². The van der Waals surface area contributed by atoms with Crippen LogP contribution in [0.3, 0.4) is 0 Å². The molecule has 2 heteroatoms. The van der Waals surface area contributed by atoms with Crippen LogP contribution >= 0.6 is 0 Å². The summed E-state index contributed by atoms with van der Waals surface area (Å²) >= 11 is 0. The van der Waals surface area contributed by atoms with E-state index in [1.165, 1.54) is 12.8 Å². The molecule has 0 saturated carbocycles. The van der Waals surface area contributed by atoms with Crippen LogP contribution in [0.5, 0.6) is 0 Å². The van der Waals surface area contributed by atoms with E-state index in [2.05, 4.69) is 6.58 Å². The van der Waals surface area contributed by atoms with Gasteiger partial charge in [-0.25, -0.2) is 9.78 Å². The van der Waals surface area contributed by atoms with Crippen LogP contribution in [0.15, 0.2) is 12.7 Å². The molecule has 0 bridgehead atoms. The first-order valence-electron chi connectivity index (χ1n) is 3.84. The molecule has 1 saturated heterocycles. The Morgan fingerprint density at radius 3 is 3.00 bits per heavy atom. The van der Waals surface area contributed by atoms with Crippen LogP contribution in [0.1, 0.15) is 25.7 Å². The number of hydrogen-bond donors (Lipinski definition) is 0. The van der Waals surface area contributed by atoms with E-state index >= 15 is 0 Å². The molecule has 0 aromatic rings. The summed E-state index contributed by atoms with van der Waals surface area (Å²) in [5, 5.41) is 0. The maximum atomic E-state index is 5.01. The molecule has 0 amide bonds. The molecule has 58 valence electrons. The van der Waals surface area contributed by atoms with Gasteiger partial charge in [0.05, 0.1) is 6.61 Å². The summed E-state index contributed by atoms with van der Waals surface area (Å²) in [6.45, 7) is 4.38. The van der Waals surface area contributed by atoms with Crippen molar-refractivity contribution in [3.63, 3.8) is 0 Å². The fourth-order valence-corrected chi connectivity index (χ4v) is 1.02. The average Bonchev–Trinajstić information content (AvgIpc) is 1.87. The van der Waals surface area contributed by atoms with Crippen LogP contribution in [-0.2, 0) is 9.78 Å². The minimum atomic E-state index is 0.111. The van der Waals surface area contributed by atoms with E-state index < -0.39 is 0 Å². The lowest BCUT2D eigenvalue weighted by molar-refractivity contribution is -0.318. The van der Waals surface area contributed by atoms with Crippen molar-refractivity contribution in [1.29, 1.82) is 0 Å². The van der Waals surface area contributed by atoms with Gasteiger partial charge in [-0.15, -0.1) is 6.58 Å². The predicted molar refractivity (Wildman–Crippen MR) is 39.5 cm³/mol. The van der Waals surface area contributed by atoms with Crippen molar-refractivity contribution in [2.24, 2.45) is 0 Å². The van der Waals surface area contributed by atoms with Crippen molar-refractivity contribution in [2.75, 3.05) is 6.61 Å². The average molecular weight is 142 g/mol. The van der Waals surface area contributed by atoms with E-state index in [9.17, 15) is 0 Å². The van der Waals surface area contributed by atoms with Crippen LogP contribution < -0.4 is 0 Å². The van der Waals surface area contributed by atoms with Gasteiger partial charge in [-0.2, -0.15) is 0 Å². The van der Waals surface area contributed by atoms with Crippen LogP contribution in [0.4, 0.5) is 0 Å². The van der Waals surface area contributed by atoms with Crippen LogP contribution in [0, 0.1) is 0 Å². The van der Waals surface area contributed by atoms with Crippen molar-refractivity contribution < 1.29 is 9.78 Å². The lowest BCUT2D eigenvalue weighted by Gasteiger charge is -2.15. The smallest absolute Gasteiger partial charge is 0.111 e. The van der Waals surface area contributed by atoms with Crippen LogP contribution in [0.25, 0.3) is 0 Å². The standard InChI is InChI=1S/C8H14O2/c1-2-8-6-4-3-5-7-9-10-8/h2,8H,1,3-7H2/t8-/m0/s1. The third-order valence-electron chi connectivity index (χ3n) is 1.67. The summed E-state index contributed by atoms with van der Waals surface area (Å²) in [5.41, 5.74) is 0. The zero-order valence-electron chi connectivity index (χ0n) is 6.21. The Hall–Kier alpha value is -0.340. The second-order valence-corrected chi connectivity index (χ2v) is 2.54. The van der Waals surface area contributed by atoms with Gasteiger partial charge in [-0.05, 0) is 12.8 Å². The minimum Gasteiger partial charge on any atom is -0.236 e. The van der Waals surface area contributed by atoms with Crippen LogP contribution in [0.2, 0.25) is 0 Å². The van der Waals surface area contributed by atoms with Gasteiger partial charge >= 0.3 is 0 Å². The van der Waals surface area contributed by atoms with Gasteiger partial charge in [0.25, 0.3) is 0 Å². The molecule has 0 spiro atoms. The Labute approximate surface area is 61.8 Å². The van der Waals surface area contributed by atoms with Gasteiger partial charge in [0.15, 0.2) is 0 Å². The van der Waals surface area contributed by atoms with Gasteiger partial charge in [-0.3, -0.25) is 0 Å². The van der Waals surface area contributed by atoms with Gasteiger partial charge in [0.2, 0.25) is 0 Å². The second-order valence-electron chi connectivity index (χ2n) is 2.54. The highest BCUT2D eigenvalue weighted by Crippen LogP contribution is 2.11. The summed E-state index contributed by atoms with van der Waals surface area (Å²) in [4.78, 5) is 9.92. The summed E-state index contributed by atoms with van der Waals surface area (Å²) < 4.78 is 0. The molecule has 0 aromatic heterocycles. The zero-order valence-corrected chi connectivity index (χ0v) is 6.21. The largest absolute Gasteiger partial charge is 0.236 e. The Balaban J connectivity index is 2.22. The molecule has 0 aromatic carbocycles. The van der Waals surface area contributed by atoms with E-state index in [-0.39, 0.29) is 6.10 Å². The molecule has 1 rings (SSSR count). The van der Waals surface area contributed by atoms with Crippen molar-refractivity contribution in [1.82, 2.24) is 0 Å². The van der Waals surface area contributed by atoms with Gasteiger partial charge in [-0.1, -0.05) is 18.9 Å². The second kappa shape index (κ2) is 4.47. The number of hydrogen-bond acceptors (Lipinski definition) is 2. The molecule has 2 nitrogen and oxygen atoms in total. The van der Waals surface area contributed by atoms with Crippen molar-refractivity contribution in [3.05, 3.63) is 12.7 Å². The van der Waals surface area contributed by atoms with Crippen molar-refractivity contribution in [3.8, 4) is 0 Å². The number of rotatable bonds is 1. The third kappa shape index (κ3) is 2.50. The molecule has 1 aliphatic rings. The molecular weight excluding hydrogens is 128 g/mol. The maximum Gasteiger partial charge on any atom is 0.111 e. The summed E-state index contributed by atoms with van der Waals surface area (Å²) in [6.07, 6.45) is 6.53. The SMILES string of the molecule is C=C[C@H]1CCCCCOO1. The van der Waals surface area contributed by atoms with Gasteiger partial charge in [0.1, 0.15) is 6.10 Å². The molecule has 1 fully saturated rings. The third-order valence-corrected chi connectivity index (χ3v) is 1.67. The Morgan fingerprint density at radius 2 is 2.20 bits per heavy atom. The highest BCUT2D eigenvalue weighted by atomic mass is 17.2. The normalized spacial score (nSPS) is 28.6. The Morgan fingerprint density at radius 1 is 1.30 bits per heavy atom. The van der Waals surface area contributed by atoms with E-state index in [1.807, 2.05) is 0 Å². The first-order valence-corrected chi connectivity index (χ1v) is 3.84. The Bertz CT molecular complexity index is 93.4. The summed E-state index contributed by atoms with van der Waals surface area (Å²) in [7, 11) is 0. The topological polar surface area (TPSA) is 18.5 Å². The lowest BCUT2D eigenvalue weighted by atomic mass is 10.1. The molecule has 1 atom stereocenters. The molecular formula is C8H14O2. The fraction of sp³-hybridized carbons (Fsp3) is 0.750. The molecule has 0 aliphatic carbocycles. The van der Waals surface area contributed by atoms with Crippen LogP contribution in [-0.4, -0.2) is 12.7 Å². The minimum absolute atomic E-state index is 0.111. The highest BCUT2D eigenvalue weighted by Gasteiger charge is 2.07. The van der Waals surface area contributed by atoms with Crippen molar-refractivity contribution in [2.45, 2.75) is 31.8 Å². The monoisotopic (exact) mass is 142 g/mol. The van der Waals surface area contributed by atoms with Crippen molar-refractivity contribution >= 4 is 0 Å². The molecule has 0 N–H and O–H groups in total. The predicted octanol–water partition coefficient (Wildman–Crippen LogP) is 2.06. The highest BCUT2D eigenvalue weighted by molar-refractivity contribution is 4.78.